The normalized spacial score (nSPS) is 18.9. The lowest BCUT2D eigenvalue weighted by Crippen LogP contribution is -2.43. The largest absolute Gasteiger partial charge is 0.481 e. The SMILES string of the molecule is O=C(O)CCS(=O)(=O)NC1CCNCC1. The predicted octanol–water partition coefficient (Wildman–Crippen LogP) is -0.867. The summed E-state index contributed by atoms with van der Waals surface area (Å²) in [6.07, 6.45) is 1.17. The molecule has 3 N–H and O–H groups in total. The van der Waals surface area contributed by atoms with Crippen molar-refractivity contribution in [2.45, 2.75) is 25.3 Å². The van der Waals surface area contributed by atoms with Crippen molar-refractivity contribution in [3.05, 3.63) is 0 Å². The van der Waals surface area contributed by atoms with Gasteiger partial charge in [-0.2, -0.15) is 0 Å². The second kappa shape index (κ2) is 5.43. The number of carboxylic acid groups (broad SMARTS) is 1. The maximum atomic E-state index is 11.4. The van der Waals surface area contributed by atoms with Crippen molar-refractivity contribution in [1.29, 1.82) is 0 Å². The Morgan fingerprint density at radius 3 is 2.53 bits per heavy atom. The summed E-state index contributed by atoms with van der Waals surface area (Å²) in [5.74, 6) is -1.43. The van der Waals surface area contributed by atoms with Crippen LogP contribution in [0, 0.1) is 0 Å². The molecule has 7 heteroatoms. The van der Waals surface area contributed by atoms with E-state index in [1.165, 1.54) is 0 Å². The van der Waals surface area contributed by atoms with Gasteiger partial charge in [-0.05, 0) is 25.9 Å². The van der Waals surface area contributed by atoms with Crippen molar-refractivity contribution in [2.75, 3.05) is 18.8 Å². The van der Waals surface area contributed by atoms with Gasteiger partial charge in [-0.1, -0.05) is 0 Å². The first-order chi connectivity index (χ1) is 6.99. The number of rotatable bonds is 5. The van der Waals surface area contributed by atoms with Crippen molar-refractivity contribution >= 4 is 16.0 Å². The van der Waals surface area contributed by atoms with Gasteiger partial charge < -0.3 is 10.4 Å². The third kappa shape index (κ3) is 5.10. The molecule has 1 fully saturated rings. The first kappa shape index (κ1) is 12.4. The highest BCUT2D eigenvalue weighted by atomic mass is 32.2. The van der Waals surface area contributed by atoms with E-state index in [4.69, 9.17) is 5.11 Å². The molecule has 0 atom stereocenters. The van der Waals surface area contributed by atoms with Crippen LogP contribution in [-0.4, -0.2) is 44.4 Å². The second-order valence-corrected chi connectivity index (χ2v) is 5.48. The molecule has 1 heterocycles. The zero-order valence-corrected chi connectivity index (χ0v) is 9.22. The molecule has 0 aromatic carbocycles. The summed E-state index contributed by atoms with van der Waals surface area (Å²) in [6.45, 7) is 1.60. The van der Waals surface area contributed by atoms with Crippen LogP contribution < -0.4 is 10.0 Å². The van der Waals surface area contributed by atoms with E-state index < -0.39 is 16.0 Å². The number of hydrogen-bond donors (Lipinski definition) is 3. The van der Waals surface area contributed by atoms with Crippen LogP contribution in [-0.2, 0) is 14.8 Å². The van der Waals surface area contributed by atoms with Gasteiger partial charge in [-0.15, -0.1) is 0 Å². The minimum Gasteiger partial charge on any atom is -0.481 e. The van der Waals surface area contributed by atoms with E-state index in [1.54, 1.807) is 0 Å². The average molecular weight is 236 g/mol. The van der Waals surface area contributed by atoms with E-state index in [1.807, 2.05) is 0 Å². The molecule has 0 aliphatic carbocycles. The van der Waals surface area contributed by atoms with Gasteiger partial charge in [0.15, 0.2) is 0 Å². The highest BCUT2D eigenvalue weighted by Gasteiger charge is 2.20. The molecule has 0 spiro atoms. The smallest absolute Gasteiger partial charge is 0.304 e. The molecule has 0 amide bonds. The Kier molecular flexibility index (Phi) is 4.49. The summed E-state index contributed by atoms with van der Waals surface area (Å²) in [5.41, 5.74) is 0. The molecule has 0 radical (unpaired) electrons. The summed E-state index contributed by atoms with van der Waals surface area (Å²) in [7, 11) is -3.43. The molecule has 15 heavy (non-hydrogen) atoms. The zero-order chi connectivity index (χ0) is 11.3. The summed E-state index contributed by atoms with van der Waals surface area (Å²) >= 11 is 0. The van der Waals surface area contributed by atoms with Gasteiger partial charge in [0.25, 0.3) is 0 Å². The van der Waals surface area contributed by atoms with Crippen molar-refractivity contribution in [2.24, 2.45) is 0 Å². The molecule has 0 aromatic heterocycles. The fourth-order valence-electron chi connectivity index (χ4n) is 1.47. The Bertz CT molecular complexity index is 309. The van der Waals surface area contributed by atoms with Gasteiger partial charge in [-0.3, -0.25) is 4.79 Å². The van der Waals surface area contributed by atoms with Crippen molar-refractivity contribution in [1.82, 2.24) is 10.0 Å². The van der Waals surface area contributed by atoms with Gasteiger partial charge in [0, 0.05) is 6.04 Å². The third-order valence-electron chi connectivity index (χ3n) is 2.27. The quantitative estimate of drug-likeness (QED) is 0.577. The standard InChI is InChI=1S/C8H16N2O4S/c11-8(12)3-6-15(13,14)10-7-1-4-9-5-2-7/h7,9-10H,1-6H2,(H,11,12). The highest BCUT2D eigenvalue weighted by molar-refractivity contribution is 7.89. The molecular weight excluding hydrogens is 220 g/mol. The van der Waals surface area contributed by atoms with Gasteiger partial charge in [0.2, 0.25) is 10.0 Å². The first-order valence-corrected chi connectivity index (χ1v) is 6.57. The van der Waals surface area contributed by atoms with E-state index in [0.717, 1.165) is 25.9 Å². The Balaban J connectivity index is 2.37. The van der Waals surface area contributed by atoms with E-state index in [9.17, 15) is 13.2 Å². The van der Waals surface area contributed by atoms with Crippen LogP contribution in [0.3, 0.4) is 0 Å². The zero-order valence-electron chi connectivity index (χ0n) is 8.40. The molecule has 0 saturated carbocycles. The van der Waals surface area contributed by atoms with Crippen LogP contribution in [0.1, 0.15) is 19.3 Å². The van der Waals surface area contributed by atoms with E-state index in [0.29, 0.717) is 0 Å². The fourth-order valence-corrected chi connectivity index (χ4v) is 2.78. The lowest BCUT2D eigenvalue weighted by molar-refractivity contribution is -0.136. The van der Waals surface area contributed by atoms with E-state index >= 15 is 0 Å². The molecule has 0 unspecified atom stereocenters. The number of carboxylic acids is 1. The minimum atomic E-state index is -3.43. The molecule has 1 aliphatic rings. The molecule has 1 saturated heterocycles. The average Bonchev–Trinajstić information content (AvgIpc) is 2.16. The number of aliphatic carboxylic acids is 1. The van der Waals surface area contributed by atoms with Gasteiger partial charge in [0.1, 0.15) is 0 Å². The van der Waals surface area contributed by atoms with Crippen LogP contribution >= 0.6 is 0 Å². The third-order valence-corrected chi connectivity index (χ3v) is 3.70. The summed E-state index contributed by atoms with van der Waals surface area (Å²) in [6, 6.07) is -0.0509. The fraction of sp³-hybridized carbons (Fsp3) is 0.875. The maximum Gasteiger partial charge on any atom is 0.304 e. The number of hydrogen-bond acceptors (Lipinski definition) is 4. The maximum absolute atomic E-state index is 11.4. The summed E-state index contributed by atoms with van der Waals surface area (Å²) in [4.78, 5) is 10.2. The number of sulfonamides is 1. The van der Waals surface area contributed by atoms with Crippen LogP contribution in [0.2, 0.25) is 0 Å². The molecular formula is C8H16N2O4S. The van der Waals surface area contributed by atoms with E-state index in [2.05, 4.69) is 10.0 Å². The molecule has 0 aromatic rings. The van der Waals surface area contributed by atoms with Crippen LogP contribution in [0.4, 0.5) is 0 Å². The number of carbonyl (C=O) groups is 1. The predicted molar refractivity (Wildman–Crippen MR) is 55.1 cm³/mol. The molecule has 1 aliphatic heterocycles. The minimum absolute atomic E-state index is 0.0509. The van der Waals surface area contributed by atoms with Gasteiger partial charge in [0.05, 0.1) is 12.2 Å². The van der Waals surface area contributed by atoms with Crippen LogP contribution in [0.15, 0.2) is 0 Å². The van der Waals surface area contributed by atoms with Crippen molar-refractivity contribution < 1.29 is 18.3 Å². The summed E-state index contributed by atoms with van der Waals surface area (Å²) < 4.78 is 25.3. The van der Waals surface area contributed by atoms with Crippen LogP contribution in [0.5, 0.6) is 0 Å². The lowest BCUT2D eigenvalue weighted by Gasteiger charge is -2.23. The Morgan fingerprint density at radius 1 is 1.40 bits per heavy atom. The molecule has 88 valence electrons. The molecule has 1 rings (SSSR count). The van der Waals surface area contributed by atoms with Gasteiger partial charge in [-0.25, -0.2) is 13.1 Å². The monoisotopic (exact) mass is 236 g/mol. The van der Waals surface area contributed by atoms with Crippen LogP contribution in [0.25, 0.3) is 0 Å². The lowest BCUT2D eigenvalue weighted by atomic mass is 10.1. The van der Waals surface area contributed by atoms with Gasteiger partial charge >= 0.3 is 5.97 Å². The van der Waals surface area contributed by atoms with Crippen molar-refractivity contribution in [3.8, 4) is 0 Å². The van der Waals surface area contributed by atoms with E-state index in [-0.39, 0.29) is 18.2 Å². The highest BCUT2D eigenvalue weighted by Crippen LogP contribution is 2.04. The topological polar surface area (TPSA) is 95.5 Å². The Labute approximate surface area is 89.1 Å². The Hall–Kier alpha value is -0.660. The molecule has 6 nitrogen and oxygen atoms in total. The summed E-state index contributed by atoms with van der Waals surface area (Å²) in [5, 5.41) is 11.5. The Morgan fingerprint density at radius 2 is 2.00 bits per heavy atom. The first-order valence-electron chi connectivity index (χ1n) is 4.92. The van der Waals surface area contributed by atoms with Crippen molar-refractivity contribution in [3.63, 3.8) is 0 Å². The molecule has 0 bridgehead atoms. The number of nitrogens with one attached hydrogen (secondary N) is 2. The number of piperidine rings is 1. The second-order valence-electron chi connectivity index (χ2n) is 3.60.